The lowest BCUT2D eigenvalue weighted by atomic mass is 9.89. The summed E-state index contributed by atoms with van der Waals surface area (Å²) in [5, 5.41) is 31.3. The number of carboxylic acid groups (broad SMARTS) is 1. The van der Waals surface area contributed by atoms with E-state index in [2.05, 4.69) is 49.0 Å². The summed E-state index contributed by atoms with van der Waals surface area (Å²) in [6.45, 7) is 0. The molecule has 0 fully saturated rings. The Morgan fingerprint density at radius 2 is 1.82 bits per heavy atom. The van der Waals surface area contributed by atoms with Crippen molar-refractivity contribution >= 4 is 5.97 Å². The molecule has 0 spiro atoms. The average Bonchev–Trinajstić information content (AvgIpc) is 3.59. The standard InChI is InChI=1S/C26H22N6O2/c33-26(34)23(19-6-2-1-3-7-19)16-18-9-10-20(22(15-18)24-11-12-27-28-24)13-17-5-4-8-21(14-17)25-29-31-32-30-25/h1-12,14-15,23H,13,16H2,(H,27,28)(H,33,34)(H,29,30,31,32). The van der Waals surface area contributed by atoms with E-state index in [0.717, 1.165) is 39.1 Å². The smallest absolute Gasteiger partial charge is 0.311 e. The van der Waals surface area contributed by atoms with Gasteiger partial charge in [0.15, 0.2) is 0 Å². The molecule has 0 saturated carbocycles. The lowest BCUT2D eigenvalue weighted by Gasteiger charge is -2.16. The molecule has 5 rings (SSSR count). The highest BCUT2D eigenvalue weighted by Gasteiger charge is 2.21. The SMILES string of the molecule is O=C(O)C(Cc1ccc(Cc2cccc(-c3nn[nH]n3)c2)c(-c2ccn[nH]2)c1)c1ccccc1. The minimum atomic E-state index is -0.836. The highest BCUT2D eigenvalue weighted by Crippen LogP contribution is 2.29. The molecule has 1 atom stereocenters. The predicted molar refractivity (Wildman–Crippen MR) is 127 cm³/mol. The van der Waals surface area contributed by atoms with Crippen LogP contribution in [0.3, 0.4) is 0 Å². The third kappa shape index (κ3) is 4.61. The van der Waals surface area contributed by atoms with Crippen molar-refractivity contribution in [1.82, 2.24) is 30.8 Å². The number of aliphatic carboxylic acids is 1. The first-order valence-corrected chi connectivity index (χ1v) is 10.9. The molecule has 0 saturated heterocycles. The van der Waals surface area contributed by atoms with Crippen molar-refractivity contribution in [3.63, 3.8) is 0 Å². The number of tetrazole rings is 1. The van der Waals surface area contributed by atoms with Crippen LogP contribution in [0.15, 0.2) is 85.1 Å². The van der Waals surface area contributed by atoms with Gasteiger partial charge in [-0.1, -0.05) is 60.7 Å². The fourth-order valence-corrected chi connectivity index (χ4v) is 4.15. The maximum absolute atomic E-state index is 12.0. The van der Waals surface area contributed by atoms with E-state index in [0.29, 0.717) is 18.7 Å². The number of nitrogens with zero attached hydrogens (tertiary/aromatic N) is 4. The molecule has 2 heterocycles. The van der Waals surface area contributed by atoms with Crippen molar-refractivity contribution < 1.29 is 9.90 Å². The number of rotatable bonds is 8. The number of benzene rings is 3. The van der Waals surface area contributed by atoms with Gasteiger partial charge in [-0.15, -0.1) is 10.2 Å². The molecule has 0 bridgehead atoms. The van der Waals surface area contributed by atoms with Crippen LogP contribution in [0.4, 0.5) is 0 Å². The molecule has 3 aromatic carbocycles. The van der Waals surface area contributed by atoms with Gasteiger partial charge in [-0.2, -0.15) is 10.3 Å². The topological polar surface area (TPSA) is 120 Å². The van der Waals surface area contributed by atoms with Crippen molar-refractivity contribution in [2.75, 3.05) is 0 Å². The zero-order chi connectivity index (χ0) is 23.3. The Hall–Kier alpha value is -4.59. The fourth-order valence-electron chi connectivity index (χ4n) is 4.15. The van der Waals surface area contributed by atoms with Crippen molar-refractivity contribution in [2.45, 2.75) is 18.8 Å². The van der Waals surface area contributed by atoms with E-state index in [1.165, 1.54) is 0 Å². The van der Waals surface area contributed by atoms with Crippen LogP contribution in [-0.2, 0) is 17.6 Å². The number of H-pyrrole nitrogens is 2. The highest BCUT2D eigenvalue weighted by atomic mass is 16.4. The van der Waals surface area contributed by atoms with Crippen LogP contribution in [0.2, 0.25) is 0 Å². The fraction of sp³-hybridized carbons (Fsp3) is 0.115. The van der Waals surface area contributed by atoms with Crippen molar-refractivity contribution in [3.8, 4) is 22.6 Å². The van der Waals surface area contributed by atoms with Crippen LogP contribution in [0.1, 0.15) is 28.2 Å². The lowest BCUT2D eigenvalue weighted by molar-refractivity contribution is -0.138. The van der Waals surface area contributed by atoms with Crippen LogP contribution in [-0.4, -0.2) is 41.9 Å². The summed E-state index contributed by atoms with van der Waals surface area (Å²) < 4.78 is 0. The Morgan fingerprint density at radius 3 is 2.56 bits per heavy atom. The normalized spacial score (nSPS) is 11.9. The van der Waals surface area contributed by atoms with Gasteiger partial charge < -0.3 is 5.11 Å². The number of nitrogens with one attached hydrogen (secondary N) is 2. The van der Waals surface area contributed by atoms with Crippen LogP contribution >= 0.6 is 0 Å². The predicted octanol–water partition coefficient (Wildman–Crippen LogP) is 4.26. The van der Waals surface area contributed by atoms with Gasteiger partial charge >= 0.3 is 5.97 Å². The van der Waals surface area contributed by atoms with Gasteiger partial charge in [-0.05, 0) is 58.5 Å². The third-order valence-electron chi connectivity index (χ3n) is 5.83. The molecular formula is C26H22N6O2. The van der Waals surface area contributed by atoms with Gasteiger partial charge in [-0.3, -0.25) is 9.89 Å². The first-order chi connectivity index (χ1) is 16.7. The van der Waals surface area contributed by atoms with Crippen molar-refractivity contribution in [2.24, 2.45) is 0 Å². The summed E-state index contributed by atoms with van der Waals surface area (Å²) >= 11 is 0. The van der Waals surface area contributed by atoms with E-state index in [1.807, 2.05) is 60.7 Å². The number of carboxylic acids is 1. The largest absolute Gasteiger partial charge is 0.481 e. The molecular weight excluding hydrogens is 428 g/mol. The van der Waals surface area contributed by atoms with E-state index < -0.39 is 11.9 Å². The molecule has 0 radical (unpaired) electrons. The summed E-state index contributed by atoms with van der Waals surface area (Å²) in [5.74, 6) is -0.906. The number of aromatic amines is 2. The summed E-state index contributed by atoms with van der Waals surface area (Å²) in [7, 11) is 0. The van der Waals surface area contributed by atoms with Gasteiger partial charge in [0.2, 0.25) is 5.82 Å². The molecule has 168 valence electrons. The van der Waals surface area contributed by atoms with Crippen LogP contribution in [0.5, 0.6) is 0 Å². The number of hydrogen-bond donors (Lipinski definition) is 3. The second kappa shape index (κ2) is 9.50. The molecule has 0 aliphatic carbocycles. The molecule has 5 aromatic rings. The minimum absolute atomic E-state index is 0.397. The third-order valence-corrected chi connectivity index (χ3v) is 5.83. The monoisotopic (exact) mass is 450 g/mol. The van der Waals surface area contributed by atoms with E-state index in [1.54, 1.807) is 6.20 Å². The Balaban J connectivity index is 1.47. The second-order valence-electron chi connectivity index (χ2n) is 8.08. The first-order valence-electron chi connectivity index (χ1n) is 10.9. The van der Waals surface area contributed by atoms with Gasteiger partial charge in [0.25, 0.3) is 0 Å². The Labute approximate surface area is 195 Å². The maximum Gasteiger partial charge on any atom is 0.311 e. The zero-order valence-corrected chi connectivity index (χ0v) is 18.2. The molecule has 0 aliphatic heterocycles. The van der Waals surface area contributed by atoms with Gasteiger partial charge in [-0.25, -0.2) is 0 Å². The summed E-state index contributed by atoms with van der Waals surface area (Å²) in [6.07, 6.45) is 2.79. The second-order valence-corrected chi connectivity index (χ2v) is 8.08. The van der Waals surface area contributed by atoms with Gasteiger partial charge in [0, 0.05) is 17.3 Å². The molecule has 8 heteroatoms. The van der Waals surface area contributed by atoms with Crippen LogP contribution in [0.25, 0.3) is 22.6 Å². The average molecular weight is 451 g/mol. The van der Waals surface area contributed by atoms with Gasteiger partial charge in [0.1, 0.15) is 0 Å². The summed E-state index contributed by atoms with van der Waals surface area (Å²) in [5.41, 5.74) is 6.71. The zero-order valence-electron chi connectivity index (χ0n) is 18.2. The molecule has 2 aromatic heterocycles. The maximum atomic E-state index is 12.0. The van der Waals surface area contributed by atoms with E-state index in [-0.39, 0.29) is 0 Å². The molecule has 0 amide bonds. The Kier molecular flexibility index (Phi) is 5.94. The summed E-state index contributed by atoms with van der Waals surface area (Å²) in [4.78, 5) is 12.0. The minimum Gasteiger partial charge on any atom is -0.481 e. The molecule has 34 heavy (non-hydrogen) atoms. The van der Waals surface area contributed by atoms with E-state index in [9.17, 15) is 9.90 Å². The number of carbonyl (C=O) groups is 1. The number of hydrogen-bond acceptors (Lipinski definition) is 5. The highest BCUT2D eigenvalue weighted by molar-refractivity contribution is 5.77. The van der Waals surface area contributed by atoms with Gasteiger partial charge in [0.05, 0.1) is 11.6 Å². The van der Waals surface area contributed by atoms with Crippen LogP contribution in [0, 0.1) is 0 Å². The lowest BCUT2D eigenvalue weighted by Crippen LogP contribution is -2.14. The Bertz CT molecular complexity index is 1380. The van der Waals surface area contributed by atoms with Crippen molar-refractivity contribution in [1.29, 1.82) is 0 Å². The van der Waals surface area contributed by atoms with E-state index >= 15 is 0 Å². The van der Waals surface area contributed by atoms with Crippen LogP contribution < -0.4 is 0 Å². The quantitative estimate of drug-likeness (QED) is 0.325. The summed E-state index contributed by atoms with van der Waals surface area (Å²) in [6, 6.07) is 25.4. The Morgan fingerprint density at radius 1 is 0.941 bits per heavy atom. The van der Waals surface area contributed by atoms with Crippen molar-refractivity contribution in [3.05, 3.63) is 107 Å². The molecule has 1 unspecified atom stereocenters. The molecule has 3 N–H and O–H groups in total. The first kappa shape index (κ1) is 21.3. The van der Waals surface area contributed by atoms with E-state index in [4.69, 9.17) is 0 Å². The molecule has 0 aliphatic rings. The molecule has 8 nitrogen and oxygen atoms in total. The number of aromatic nitrogens is 6.